The van der Waals surface area contributed by atoms with E-state index in [9.17, 15) is 4.79 Å². The molecule has 0 aliphatic rings. The molecule has 0 aromatic heterocycles. The second kappa shape index (κ2) is 5.38. The van der Waals surface area contributed by atoms with Crippen molar-refractivity contribution < 1.29 is 24.2 Å². The largest absolute Gasteiger partial charge is 0.707 e. The smallest absolute Gasteiger partial charge is 0.512 e. The van der Waals surface area contributed by atoms with Crippen LogP contribution in [0.1, 0.15) is 13.3 Å². The topological polar surface area (TPSA) is 76.0 Å². The zero-order valence-corrected chi connectivity index (χ0v) is 8.21. The van der Waals surface area contributed by atoms with E-state index < -0.39 is 7.32 Å². The Morgan fingerprint density at radius 2 is 1.80 bits per heavy atom. The summed E-state index contributed by atoms with van der Waals surface area (Å²) in [4.78, 5) is 10.9. The zero-order chi connectivity index (χ0) is 11.3. The van der Waals surface area contributed by atoms with Gasteiger partial charge in [0.05, 0.1) is 0 Å². The normalized spacial score (nSPS) is 9.53. The van der Waals surface area contributed by atoms with Gasteiger partial charge in [0.2, 0.25) is 0 Å². The molecule has 0 amide bonds. The summed E-state index contributed by atoms with van der Waals surface area (Å²) in [5, 5.41) is 17.0. The molecular weight excluding hydrogens is 199 g/mol. The minimum atomic E-state index is -1.85. The molecule has 0 atom stereocenters. The van der Waals surface area contributed by atoms with E-state index in [1.54, 1.807) is 6.92 Å². The molecule has 0 fully saturated rings. The van der Waals surface area contributed by atoms with Gasteiger partial charge in [-0.3, -0.25) is 4.79 Å². The van der Waals surface area contributed by atoms with Gasteiger partial charge in [-0.1, -0.05) is 6.92 Å². The van der Waals surface area contributed by atoms with Crippen molar-refractivity contribution in [2.75, 3.05) is 0 Å². The number of ether oxygens (including phenoxy) is 1. The van der Waals surface area contributed by atoms with Gasteiger partial charge in [-0.2, -0.15) is 0 Å². The molecule has 1 rings (SSSR count). The molecule has 6 heteroatoms. The number of hydrogen-bond acceptors (Lipinski definition) is 5. The fourth-order valence-corrected chi connectivity index (χ4v) is 0.912. The lowest BCUT2D eigenvalue weighted by molar-refractivity contribution is -0.134. The van der Waals surface area contributed by atoms with E-state index in [2.05, 4.69) is 4.65 Å². The molecular formula is C9H11BO5. The van der Waals surface area contributed by atoms with Crippen molar-refractivity contribution in [3.63, 3.8) is 0 Å². The zero-order valence-electron chi connectivity index (χ0n) is 8.21. The van der Waals surface area contributed by atoms with Crippen LogP contribution in [0.25, 0.3) is 0 Å². The summed E-state index contributed by atoms with van der Waals surface area (Å²) >= 11 is 0. The van der Waals surface area contributed by atoms with Crippen LogP contribution in [-0.4, -0.2) is 23.3 Å². The molecule has 80 valence electrons. The maximum absolute atomic E-state index is 10.9. The highest BCUT2D eigenvalue weighted by molar-refractivity contribution is 6.33. The standard InChI is InChI=1S/C9H11BO5/c1-2-9(11)14-7-3-5-8(6-4-7)15-10(12)13/h3-6,12-13H,2H2,1H3. The summed E-state index contributed by atoms with van der Waals surface area (Å²) in [7, 11) is -1.85. The minimum absolute atomic E-state index is 0.279. The van der Waals surface area contributed by atoms with Crippen molar-refractivity contribution in [3.05, 3.63) is 24.3 Å². The van der Waals surface area contributed by atoms with Gasteiger partial charge in [-0.25, -0.2) is 0 Å². The fourth-order valence-electron chi connectivity index (χ4n) is 0.912. The molecule has 5 nitrogen and oxygen atoms in total. The number of carbonyl (C=O) groups is 1. The second-order valence-electron chi connectivity index (χ2n) is 2.74. The molecule has 2 N–H and O–H groups in total. The lowest BCUT2D eigenvalue weighted by atomic mass is 10.2. The van der Waals surface area contributed by atoms with Crippen LogP contribution in [0.3, 0.4) is 0 Å². The fraction of sp³-hybridized carbons (Fsp3) is 0.222. The van der Waals surface area contributed by atoms with Gasteiger partial charge in [0, 0.05) is 6.42 Å². The van der Waals surface area contributed by atoms with Gasteiger partial charge in [0.15, 0.2) is 0 Å². The van der Waals surface area contributed by atoms with Crippen LogP contribution >= 0.6 is 0 Å². The highest BCUT2D eigenvalue weighted by atomic mass is 16.6. The molecule has 0 bridgehead atoms. The van der Waals surface area contributed by atoms with Gasteiger partial charge in [-0.05, 0) is 24.3 Å². The second-order valence-corrected chi connectivity index (χ2v) is 2.74. The molecule has 15 heavy (non-hydrogen) atoms. The first-order chi connectivity index (χ1) is 7.11. The third-order valence-electron chi connectivity index (χ3n) is 1.59. The van der Waals surface area contributed by atoms with E-state index in [0.717, 1.165) is 0 Å². The van der Waals surface area contributed by atoms with Crippen LogP contribution < -0.4 is 9.39 Å². The lowest BCUT2D eigenvalue weighted by Crippen LogP contribution is -2.20. The summed E-state index contributed by atoms with van der Waals surface area (Å²) in [5.74, 6) is 0.341. The van der Waals surface area contributed by atoms with E-state index in [1.165, 1.54) is 24.3 Å². The molecule has 0 spiro atoms. The van der Waals surface area contributed by atoms with Crippen molar-refractivity contribution in [2.24, 2.45) is 0 Å². The summed E-state index contributed by atoms with van der Waals surface area (Å²) in [6.45, 7) is 1.70. The Kier molecular flexibility index (Phi) is 4.14. The van der Waals surface area contributed by atoms with Crippen LogP contribution in [-0.2, 0) is 4.79 Å². The Bertz CT molecular complexity index is 322. The maximum atomic E-state index is 10.9. The van der Waals surface area contributed by atoms with E-state index >= 15 is 0 Å². The minimum Gasteiger partial charge on any atom is -0.512 e. The van der Waals surface area contributed by atoms with Crippen molar-refractivity contribution in [3.8, 4) is 11.5 Å². The summed E-state index contributed by atoms with van der Waals surface area (Å²) in [5.41, 5.74) is 0. The van der Waals surface area contributed by atoms with Crippen LogP contribution in [0.15, 0.2) is 24.3 Å². The maximum Gasteiger partial charge on any atom is 0.707 e. The average Bonchev–Trinajstić information content (AvgIpc) is 2.20. The van der Waals surface area contributed by atoms with E-state index in [1.807, 2.05) is 0 Å². The van der Waals surface area contributed by atoms with Gasteiger partial charge in [0.1, 0.15) is 11.5 Å². The Morgan fingerprint density at radius 3 is 2.27 bits per heavy atom. The molecule has 1 aromatic carbocycles. The molecule has 0 aliphatic carbocycles. The van der Waals surface area contributed by atoms with Crippen molar-refractivity contribution in [1.29, 1.82) is 0 Å². The molecule has 0 saturated heterocycles. The predicted octanol–water partition coefficient (Wildman–Crippen LogP) is 0.350. The van der Waals surface area contributed by atoms with Crippen LogP contribution in [0, 0.1) is 0 Å². The van der Waals surface area contributed by atoms with Crippen molar-refractivity contribution in [2.45, 2.75) is 13.3 Å². The highest BCUT2D eigenvalue weighted by Gasteiger charge is 2.10. The molecule has 0 unspecified atom stereocenters. The van der Waals surface area contributed by atoms with Gasteiger partial charge in [0.25, 0.3) is 0 Å². The average molecular weight is 210 g/mol. The summed E-state index contributed by atoms with van der Waals surface area (Å²) in [6.07, 6.45) is 0.299. The van der Waals surface area contributed by atoms with Crippen LogP contribution in [0.4, 0.5) is 0 Å². The number of carbonyl (C=O) groups excluding carboxylic acids is 1. The monoisotopic (exact) mass is 210 g/mol. The molecule has 0 saturated carbocycles. The lowest BCUT2D eigenvalue weighted by Gasteiger charge is -2.06. The first-order valence-corrected chi connectivity index (χ1v) is 4.45. The molecule has 0 radical (unpaired) electrons. The Hall–Kier alpha value is -1.53. The van der Waals surface area contributed by atoms with Crippen LogP contribution in [0.5, 0.6) is 11.5 Å². The number of hydrogen-bond donors (Lipinski definition) is 2. The molecule has 1 aromatic rings. The number of rotatable bonds is 4. The predicted molar refractivity (Wildman–Crippen MR) is 53.2 cm³/mol. The number of esters is 1. The van der Waals surface area contributed by atoms with Crippen molar-refractivity contribution >= 4 is 13.3 Å². The van der Waals surface area contributed by atoms with Crippen molar-refractivity contribution in [1.82, 2.24) is 0 Å². The Balaban J connectivity index is 2.60. The van der Waals surface area contributed by atoms with Crippen LogP contribution in [0.2, 0.25) is 0 Å². The van der Waals surface area contributed by atoms with E-state index in [0.29, 0.717) is 12.2 Å². The van der Waals surface area contributed by atoms with Gasteiger partial charge in [-0.15, -0.1) is 0 Å². The molecule has 0 aliphatic heterocycles. The first kappa shape index (κ1) is 11.5. The summed E-state index contributed by atoms with van der Waals surface area (Å²) < 4.78 is 9.48. The van der Waals surface area contributed by atoms with E-state index in [4.69, 9.17) is 14.8 Å². The quantitative estimate of drug-likeness (QED) is 0.426. The molecule has 0 heterocycles. The van der Waals surface area contributed by atoms with Gasteiger partial charge >= 0.3 is 13.3 Å². The third kappa shape index (κ3) is 4.01. The first-order valence-electron chi connectivity index (χ1n) is 4.45. The van der Waals surface area contributed by atoms with Gasteiger partial charge < -0.3 is 19.4 Å². The Morgan fingerprint density at radius 1 is 1.27 bits per heavy atom. The summed E-state index contributed by atoms with van der Waals surface area (Å²) in [6, 6.07) is 5.95. The third-order valence-corrected chi connectivity index (χ3v) is 1.59. The highest BCUT2D eigenvalue weighted by Crippen LogP contribution is 2.17. The number of benzene rings is 1. The Labute approximate surface area is 87.4 Å². The SMILES string of the molecule is CCC(=O)Oc1ccc(OB(O)O)cc1. The van der Waals surface area contributed by atoms with E-state index in [-0.39, 0.29) is 11.7 Å².